The number of rotatable bonds is 7. The molecule has 0 unspecified atom stereocenters. The van der Waals surface area contributed by atoms with E-state index in [2.05, 4.69) is 0 Å². The van der Waals surface area contributed by atoms with Gasteiger partial charge in [-0.1, -0.05) is 60.7 Å². The van der Waals surface area contributed by atoms with Gasteiger partial charge in [-0.3, -0.25) is 0 Å². The number of alkyl halides is 1. The fourth-order valence-electron chi connectivity index (χ4n) is 2.86. The summed E-state index contributed by atoms with van der Waals surface area (Å²) in [6, 6.07) is 18.8. The van der Waals surface area contributed by atoms with E-state index in [0.29, 0.717) is 6.61 Å². The summed E-state index contributed by atoms with van der Waals surface area (Å²) in [4.78, 5) is 0. The molecule has 2 aromatic carbocycles. The predicted octanol–water partition coefficient (Wildman–Crippen LogP) is 2.20. The van der Waals surface area contributed by atoms with Crippen LogP contribution in [-0.2, 0) is 27.4 Å². The molecule has 26 heavy (non-hydrogen) atoms. The van der Waals surface area contributed by atoms with Gasteiger partial charge in [0.15, 0.2) is 12.5 Å². The van der Waals surface area contributed by atoms with Crippen molar-refractivity contribution in [1.82, 2.24) is 0 Å². The number of hydrogen-bond acceptors (Lipinski definition) is 5. The van der Waals surface area contributed by atoms with Crippen molar-refractivity contribution >= 4 is 0 Å². The first-order valence-corrected chi connectivity index (χ1v) is 8.58. The molecule has 0 bridgehead atoms. The van der Waals surface area contributed by atoms with E-state index in [0.717, 1.165) is 11.1 Å². The van der Waals surface area contributed by atoms with Gasteiger partial charge in [-0.15, -0.1) is 0 Å². The fraction of sp³-hybridized carbons (Fsp3) is 0.400. The molecule has 1 heterocycles. The molecule has 2 N–H and O–H groups in total. The van der Waals surface area contributed by atoms with Gasteiger partial charge in [0.25, 0.3) is 0 Å². The highest BCUT2D eigenvalue weighted by Gasteiger charge is 2.46. The normalized spacial score (nSPS) is 28.8. The van der Waals surface area contributed by atoms with Crippen molar-refractivity contribution in [2.24, 2.45) is 0 Å². The summed E-state index contributed by atoms with van der Waals surface area (Å²) in [5.74, 6) is 0. The van der Waals surface area contributed by atoms with Crippen LogP contribution in [0.15, 0.2) is 60.7 Å². The van der Waals surface area contributed by atoms with Crippen LogP contribution in [0, 0.1) is 0 Å². The summed E-state index contributed by atoms with van der Waals surface area (Å²) in [7, 11) is 0. The zero-order valence-corrected chi connectivity index (χ0v) is 14.3. The van der Waals surface area contributed by atoms with Crippen LogP contribution in [0.1, 0.15) is 11.1 Å². The molecule has 140 valence electrons. The Kier molecular flexibility index (Phi) is 6.71. The largest absolute Gasteiger partial charge is 0.387 e. The molecule has 5 atom stereocenters. The lowest BCUT2D eigenvalue weighted by atomic mass is 10.00. The van der Waals surface area contributed by atoms with Crippen molar-refractivity contribution in [3.8, 4) is 0 Å². The van der Waals surface area contributed by atoms with Crippen LogP contribution < -0.4 is 0 Å². The molecule has 1 fully saturated rings. The second kappa shape index (κ2) is 9.21. The molecular weight excluding hydrogens is 339 g/mol. The Morgan fingerprint density at radius 2 is 1.46 bits per heavy atom. The molecular formula is C20H23FO5. The Balaban J connectivity index is 1.55. The average Bonchev–Trinajstić information content (AvgIpc) is 2.67. The van der Waals surface area contributed by atoms with Crippen LogP contribution >= 0.6 is 0 Å². The number of aliphatic hydroxyl groups excluding tert-OH is 2. The Bertz CT molecular complexity index is 654. The van der Waals surface area contributed by atoms with Crippen molar-refractivity contribution in [2.75, 3.05) is 6.61 Å². The second-order valence-corrected chi connectivity index (χ2v) is 6.26. The smallest absolute Gasteiger partial charge is 0.189 e. The molecule has 0 aliphatic carbocycles. The van der Waals surface area contributed by atoms with Gasteiger partial charge in [-0.2, -0.15) is 0 Å². The van der Waals surface area contributed by atoms with E-state index < -0.39 is 30.8 Å². The van der Waals surface area contributed by atoms with Crippen molar-refractivity contribution < 1.29 is 28.8 Å². The lowest BCUT2D eigenvalue weighted by Crippen LogP contribution is -2.58. The topological polar surface area (TPSA) is 68.2 Å². The Hall–Kier alpha value is -1.83. The molecule has 1 aliphatic heterocycles. The molecule has 1 saturated heterocycles. The van der Waals surface area contributed by atoms with Crippen LogP contribution in [0.2, 0.25) is 0 Å². The van der Waals surface area contributed by atoms with Crippen LogP contribution in [0.5, 0.6) is 0 Å². The van der Waals surface area contributed by atoms with E-state index in [9.17, 15) is 14.6 Å². The van der Waals surface area contributed by atoms with E-state index in [1.165, 1.54) is 0 Å². The first kappa shape index (κ1) is 18.9. The van der Waals surface area contributed by atoms with Gasteiger partial charge in [0, 0.05) is 0 Å². The molecule has 1 aliphatic rings. The summed E-state index contributed by atoms with van der Waals surface area (Å²) < 4.78 is 30.5. The maximum absolute atomic E-state index is 14.3. The zero-order chi connectivity index (χ0) is 18.4. The van der Waals surface area contributed by atoms with Crippen LogP contribution in [-0.4, -0.2) is 47.6 Å². The standard InChI is InChI=1S/C20H23FO5/c21-17-19(25-12-15-9-5-2-6-10-15)18(22)16(26-20(17)23)13-24-11-14-7-3-1-4-8-14/h1-10,16-20,22-23H,11-13H2/t16-,17-,18-,19-,20-/m1/s1. The maximum atomic E-state index is 14.3. The van der Waals surface area contributed by atoms with E-state index in [4.69, 9.17) is 14.2 Å². The molecule has 2 aromatic rings. The van der Waals surface area contributed by atoms with Crippen molar-refractivity contribution in [3.05, 3.63) is 71.8 Å². The van der Waals surface area contributed by atoms with Gasteiger partial charge in [-0.25, -0.2) is 4.39 Å². The highest BCUT2D eigenvalue weighted by molar-refractivity contribution is 5.14. The molecule has 0 saturated carbocycles. The van der Waals surface area contributed by atoms with Gasteiger partial charge in [0.2, 0.25) is 0 Å². The average molecular weight is 362 g/mol. The zero-order valence-electron chi connectivity index (χ0n) is 14.3. The van der Waals surface area contributed by atoms with Gasteiger partial charge in [-0.05, 0) is 11.1 Å². The summed E-state index contributed by atoms with van der Waals surface area (Å²) in [6.07, 6.45) is -6.80. The second-order valence-electron chi connectivity index (χ2n) is 6.26. The van der Waals surface area contributed by atoms with E-state index in [1.54, 1.807) is 0 Å². The monoisotopic (exact) mass is 362 g/mol. The number of aliphatic hydroxyl groups is 2. The van der Waals surface area contributed by atoms with Gasteiger partial charge in [0.05, 0.1) is 19.8 Å². The van der Waals surface area contributed by atoms with Gasteiger partial charge < -0.3 is 24.4 Å². The van der Waals surface area contributed by atoms with E-state index in [-0.39, 0.29) is 13.2 Å². The summed E-state index contributed by atoms with van der Waals surface area (Å²) in [5, 5.41) is 20.2. The van der Waals surface area contributed by atoms with E-state index in [1.807, 2.05) is 60.7 Å². The Labute approximate surface area is 151 Å². The Morgan fingerprint density at radius 1 is 0.885 bits per heavy atom. The minimum Gasteiger partial charge on any atom is -0.387 e. The lowest BCUT2D eigenvalue weighted by molar-refractivity contribution is -0.283. The van der Waals surface area contributed by atoms with Gasteiger partial charge >= 0.3 is 0 Å². The fourth-order valence-corrected chi connectivity index (χ4v) is 2.86. The molecule has 0 radical (unpaired) electrons. The molecule has 0 amide bonds. The molecule has 6 heteroatoms. The molecule has 5 nitrogen and oxygen atoms in total. The maximum Gasteiger partial charge on any atom is 0.189 e. The molecule has 0 aromatic heterocycles. The number of ether oxygens (including phenoxy) is 3. The van der Waals surface area contributed by atoms with E-state index >= 15 is 0 Å². The SMILES string of the molecule is O[C@H]1[C@H](OCc2ccccc2)[C@@H](F)[C@H](O)O[C@@H]1COCc1ccccc1. The number of halogens is 1. The third-order valence-electron chi connectivity index (χ3n) is 4.30. The van der Waals surface area contributed by atoms with Gasteiger partial charge in [0.1, 0.15) is 18.3 Å². The van der Waals surface area contributed by atoms with Crippen LogP contribution in [0.25, 0.3) is 0 Å². The van der Waals surface area contributed by atoms with Crippen molar-refractivity contribution in [1.29, 1.82) is 0 Å². The van der Waals surface area contributed by atoms with Crippen molar-refractivity contribution in [3.63, 3.8) is 0 Å². The quantitative estimate of drug-likeness (QED) is 0.790. The summed E-state index contributed by atoms with van der Waals surface area (Å²) >= 11 is 0. The highest BCUT2D eigenvalue weighted by atomic mass is 19.1. The molecule has 3 rings (SSSR count). The summed E-state index contributed by atoms with van der Waals surface area (Å²) in [5.41, 5.74) is 1.82. The van der Waals surface area contributed by atoms with Crippen molar-refractivity contribution in [2.45, 2.75) is 44.0 Å². The first-order valence-electron chi connectivity index (χ1n) is 8.58. The third-order valence-corrected chi connectivity index (χ3v) is 4.30. The lowest BCUT2D eigenvalue weighted by Gasteiger charge is -2.39. The van der Waals surface area contributed by atoms with Crippen LogP contribution in [0.4, 0.5) is 4.39 Å². The highest BCUT2D eigenvalue weighted by Crippen LogP contribution is 2.26. The number of benzene rings is 2. The van der Waals surface area contributed by atoms with Crippen LogP contribution in [0.3, 0.4) is 0 Å². The summed E-state index contributed by atoms with van der Waals surface area (Å²) in [6.45, 7) is 0.483. The Morgan fingerprint density at radius 3 is 2.08 bits per heavy atom. The predicted molar refractivity (Wildman–Crippen MR) is 92.9 cm³/mol. The first-order chi connectivity index (χ1) is 12.6. The molecule has 0 spiro atoms. The number of hydrogen-bond donors (Lipinski definition) is 2. The third kappa shape index (κ3) is 4.87. The minimum atomic E-state index is -1.83. The minimum absolute atomic E-state index is 0.0189.